The Balaban J connectivity index is 0.00000364. The number of aliphatic imine (C=N–C) groups is 1. The topological polar surface area (TPSA) is 48.9 Å². The zero-order valence-corrected chi connectivity index (χ0v) is 18.8. The van der Waals surface area contributed by atoms with E-state index in [1.165, 1.54) is 12.8 Å². The van der Waals surface area contributed by atoms with Crippen molar-refractivity contribution < 1.29 is 13.5 Å². The van der Waals surface area contributed by atoms with Crippen molar-refractivity contribution in [2.75, 3.05) is 27.2 Å². The van der Waals surface area contributed by atoms with E-state index in [2.05, 4.69) is 39.4 Å². The van der Waals surface area contributed by atoms with Gasteiger partial charge in [-0.1, -0.05) is 17.7 Å². The van der Waals surface area contributed by atoms with Crippen molar-refractivity contribution >= 4 is 29.9 Å². The summed E-state index contributed by atoms with van der Waals surface area (Å²) in [5, 5.41) is 6.59. The van der Waals surface area contributed by atoms with Gasteiger partial charge in [0.2, 0.25) is 0 Å². The molecule has 0 amide bonds. The van der Waals surface area contributed by atoms with E-state index >= 15 is 0 Å². The first-order valence-corrected chi connectivity index (χ1v) is 9.13. The summed E-state index contributed by atoms with van der Waals surface area (Å²) in [6.45, 7) is 2.88. The minimum Gasteiger partial charge on any atom is -0.434 e. The van der Waals surface area contributed by atoms with E-state index < -0.39 is 6.61 Å². The Morgan fingerprint density at radius 1 is 1.30 bits per heavy atom. The number of ether oxygens (including phenoxy) is 1. The van der Waals surface area contributed by atoms with Crippen LogP contribution >= 0.6 is 24.0 Å². The normalized spacial score (nSPS) is 15.5. The molecule has 1 atom stereocenters. The fourth-order valence-corrected chi connectivity index (χ4v) is 3.00. The average molecular weight is 496 g/mol. The van der Waals surface area contributed by atoms with Crippen LogP contribution in [0.3, 0.4) is 0 Å². The zero-order valence-electron chi connectivity index (χ0n) is 16.5. The lowest BCUT2D eigenvalue weighted by Crippen LogP contribution is -2.46. The van der Waals surface area contributed by atoms with Gasteiger partial charge < -0.3 is 20.3 Å². The molecule has 2 N–H and O–H groups in total. The number of nitrogens with one attached hydrogen (secondary N) is 2. The first-order chi connectivity index (χ1) is 12.4. The lowest BCUT2D eigenvalue weighted by atomic mass is 10.1. The number of guanidine groups is 1. The molecule has 0 spiro atoms. The Bertz CT molecular complexity index is 607. The third kappa shape index (κ3) is 8.16. The van der Waals surface area contributed by atoms with Gasteiger partial charge in [-0.25, -0.2) is 4.99 Å². The number of hydrogen-bond donors (Lipinski definition) is 2. The average Bonchev–Trinajstić information content (AvgIpc) is 3.39. The van der Waals surface area contributed by atoms with E-state index in [0.29, 0.717) is 17.6 Å². The molecule has 154 valence electrons. The van der Waals surface area contributed by atoms with Crippen LogP contribution < -0.4 is 15.4 Å². The molecule has 1 aliphatic rings. The molecule has 0 heterocycles. The molecule has 8 heteroatoms. The van der Waals surface area contributed by atoms with Crippen LogP contribution in [0.1, 0.15) is 30.9 Å². The highest BCUT2D eigenvalue weighted by molar-refractivity contribution is 14.0. The van der Waals surface area contributed by atoms with Gasteiger partial charge in [0.1, 0.15) is 5.75 Å². The summed E-state index contributed by atoms with van der Waals surface area (Å²) in [7, 11) is 4.19. The van der Waals surface area contributed by atoms with E-state index in [-0.39, 0.29) is 36.3 Å². The molecule has 1 saturated carbocycles. The van der Waals surface area contributed by atoms with Crippen LogP contribution in [0.15, 0.2) is 23.2 Å². The maximum Gasteiger partial charge on any atom is 0.387 e. The fourth-order valence-electron chi connectivity index (χ4n) is 3.00. The van der Waals surface area contributed by atoms with Gasteiger partial charge in [-0.2, -0.15) is 8.78 Å². The maximum atomic E-state index is 12.6. The summed E-state index contributed by atoms with van der Waals surface area (Å²) >= 11 is 0. The molecule has 1 fully saturated rings. The van der Waals surface area contributed by atoms with Gasteiger partial charge in [0.15, 0.2) is 5.96 Å². The van der Waals surface area contributed by atoms with Crippen molar-refractivity contribution in [1.82, 2.24) is 15.5 Å². The van der Waals surface area contributed by atoms with Gasteiger partial charge >= 0.3 is 6.61 Å². The molecule has 2 rings (SSSR count). The molecule has 1 aliphatic carbocycles. The smallest absolute Gasteiger partial charge is 0.387 e. The molecular formula is C19H31F2IN4O. The molecule has 0 radical (unpaired) electrons. The van der Waals surface area contributed by atoms with Gasteiger partial charge in [-0.3, -0.25) is 0 Å². The van der Waals surface area contributed by atoms with Gasteiger partial charge in [-0.15, -0.1) is 24.0 Å². The molecule has 1 unspecified atom stereocenters. The largest absolute Gasteiger partial charge is 0.434 e. The van der Waals surface area contributed by atoms with Gasteiger partial charge in [0.05, 0.1) is 6.54 Å². The molecule has 27 heavy (non-hydrogen) atoms. The second kappa shape index (κ2) is 11.6. The molecule has 0 aromatic heterocycles. The summed E-state index contributed by atoms with van der Waals surface area (Å²) < 4.78 is 29.8. The van der Waals surface area contributed by atoms with E-state index in [1.807, 2.05) is 19.9 Å². The molecule has 1 aromatic rings. The summed E-state index contributed by atoms with van der Waals surface area (Å²) in [4.78, 5) is 6.79. The lowest BCUT2D eigenvalue weighted by Gasteiger charge is -2.25. The quantitative estimate of drug-likeness (QED) is 0.312. The van der Waals surface area contributed by atoms with Crippen LogP contribution in [0.4, 0.5) is 8.78 Å². The van der Waals surface area contributed by atoms with E-state index in [9.17, 15) is 8.78 Å². The molecule has 0 aliphatic heterocycles. The van der Waals surface area contributed by atoms with Gasteiger partial charge in [-0.05, 0) is 52.8 Å². The van der Waals surface area contributed by atoms with Crippen LogP contribution in [-0.4, -0.2) is 50.7 Å². The number of alkyl halides is 2. The Labute approximate surface area is 178 Å². The van der Waals surface area contributed by atoms with Gasteiger partial charge in [0, 0.05) is 24.7 Å². The Hall–Kier alpha value is -1.16. The number of nitrogens with zero attached hydrogens (tertiary/aromatic N) is 2. The molecule has 1 aromatic carbocycles. The standard InChI is InChI=1S/C19H30F2N4O.HI/c1-5-22-19(24-12-16(25(3)4)14-7-8-14)23-11-15-10-13(2)6-9-17(15)26-18(20)21;/h6,9-10,14,16,18H,5,7-8,11-12H2,1-4H3,(H2,22,23,24);1H. The number of hydrogen-bond acceptors (Lipinski definition) is 3. The first kappa shape index (κ1) is 23.9. The van der Waals surface area contributed by atoms with Gasteiger partial charge in [0.25, 0.3) is 0 Å². The Kier molecular flexibility index (Phi) is 10.3. The van der Waals surface area contributed by atoms with Crippen LogP contribution in [-0.2, 0) is 6.54 Å². The van der Waals surface area contributed by atoms with Crippen LogP contribution in [0.25, 0.3) is 0 Å². The number of likely N-dealkylation sites (N-methyl/N-ethyl adjacent to an activating group) is 1. The summed E-state index contributed by atoms with van der Waals surface area (Å²) in [6, 6.07) is 5.63. The number of halogens is 3. The predicted octanol–water partition coefficient (Wildman–Crippen LogP) is 3.61. The summed E-state index contributed by atoms with van der Waals surface area (Å²) in [6.07, 6.45) is 2.55. The van der Waals surface area contributed by atoms with E-state index in [4.69, 9.17) is 0 Å². The van der Waals surface area contributed by atoms with Crippen molar-refractivity contribution in [3.05, 3.63) is 29.3 Å². The molecule has 0 bridgehead atoms. The van der Waals surface area contributed by atoms with E-state index in [1.54, 1.807) is 12.1 Å². The van der Waals surface area contributed by atoms with Crippen molar-refractivity contribution in [2.45, 2.75) is 45.9 Å². The summed E-state index contributed by atoms with van der Waals surface area (Å²) in [5.74, 6) is 1.60. The van der Waals surface area contributed by atoms with E-state index in [0.717, 1.165) is 24.6 Å². The molecule has 0 saturated heterocycles. The molecular weight excluding hydrogens is 465 g/mol. The minimum absolute atomic E-state index is 0. The lowest BCUT2D eigenvalue weighted by molar-refractivity contribution is -0.0504. The second-order valence-electron chi connectivity index (χ2n) is 6.93. The number of benzene rings is 1. The molecule has 5 nitrogen and oxygen atoms in total. The minimum atomic E-state index is -2.84. The van der Waals surface area contributed by atoms with Crippen LogP contribution in [0.5, 0.6) is 5.75 Å². The predicted molar refractivity (Wildman–Crippen MR) is 116 cm³/mol. The Morgan fingerprint density at radius 2 is 2.00 bits per heavy atom. The third-order valence-electron chi connectivity index (χ3n) is 4.49. The first-order valence-electron chi connectivity index (χ1n) is 9.13. The maximum absolute atomic E-state index is 12.6. The zero-order chi connectivity index (χ0) is 19.1. The Morgan fingerprint density at radius 3 is 2.56 bits per heavy atom. The highest BCUT2D eigenvalue weighted by Crippen LogP contribution is 2.34. The number of aryl methyl sites for hydroxylation is 1. The summed E-state index contributed by atoms with van der Waals surface area (Å²) in [5.41, 5.74) is 1.63. The highest BCUT2D eigenvalue weighted by Gasteiger charge is 2.32. The van der Waals surface area contributed by atoms with Crippen molar-refractivity contribution in [2.24, 2.45) is 10.9 Å². The third-order valence-corrected chi connectivity index (χ3v) is 4.49. The number of rotatable bonds is 9. The fraction of sp³-hybridized carbons (Fsp3) is 0.632. The van der Waals surface area contributed by atoms with Crippen LogP contribution in [0, 0.1) is 12.8 Å². The van der Waals surface area contributed by atoms with Crippen molar-refractivity contribution in [3.8, 4) is 5.75 Å². The second-order valence-corrected chi connectivity index (χ2v) is 6.93. The van der Waals surface area contributed by atoms with Crippen molar-refractivity contribution in [3.63, 3.8) is 0 Å². The SMILES string of the molecule is CCNC(=NCc1cc(C)ccc1OC(F)F)NCC(C1CC1)N(C)C.I. The van der Waals surface area contributed by atoms with Crippen molar-refractivity contribution in [1.29, 1.82) is 0 Å². The highest BCUT2D eigenvalue weighted by atomic mass is 127. The van der Waals surface area contributed by atoms with Crippen LogP contribution in [0.2, 0.25) is 0 Å². The monoisotopic (exact) mass is 496 g/mol.